The number of carboxylic acids is 1. The first-order valence-corrected chi connectivity index (χ1v) is 11.2. The van der Waals surface area contributed by atoms with E-state index in [1.165, 1.54) is 30.7 Å². The van der Waals surface area contributed by atoms with E-state index in [-0.39, 0.29) is 9.79 Å². The number of aryl methyl sites for hydroxylation is 2. The first kappa shape index (κ1) is 21.5. The second-order valence-corrected chi connectivity index (χ2v) is 9.37. The zero-order valence-corrected chi connectivity index (χ0v) is 18.2. The van der Waals surface area contributed by atoms with E-state index in [0.29, 0.717) is 28.0 Å². The van der Waals surface area contributed by atoms with Crippen LogP contribution in [0.25, 0.3) is 10.9 Å². The van der Waals surface area contributed by atoms with Gasteiger partial charge in [-0.25, -0.2) is 8.42 Å². The molecule has 9 heteroatoms. The van der Waals surface area contributed by atoms with Gasteiger partial charge in [0.15, 0.2) is 0 Å². The predicted octanol–water partition coefficient (Wildman–Crippen LogP) is 3.89. The number of carbonyl (C=O) groups is 1. The van der Waals surface area contributed by atoms with Crippen LogP contribution in [0.1, 0.15) is 22.7 Å². The number of pyridine rings is 1. The molecule has 2 aromatic heterocycles. The Morgan fingerprint density at radius 3 is 2.38 bits per heavy atom. The Balaban J connectivity index is 1.73. The van der Waals surface area contributed by atoms with E-state index in [1.54, 1.807) is 44.2 Å². The minimum Gasteiger partial charge on any atom is -0.480 e. The summed E-state index contributed by atoms with van der Waals surface area (Å²) in [6.07, 6.45) is 4.33. The number of hydrogen-bond donors (Lipinski definition) is 3. The monoisotopic (exact) mass is 451 g/mol. The standard InChI is InChI=1S/C23H21N3O5S/c1-13-9-15(21(24)23(27)28)10-14(2)22(13)31-16-3-4-19-18(11-16)20(12-26-19)32(29,30)17-5-7-25-8-6-17/h3-12,21,26H,24H2,1-2H3,(H,27,28)/t21-/m0/s1. The molecular weight excluding hydrogens is 430 g/mol. The molecule has 0 aliphatic carbocycles. The first-order chi connectivity index (χ1) is 15.2. The van der Waals surface area contributed by atoms with Gasteiger partial charge in [0.1, 0.15) is 17.5 Å². The van der Waals surface area contributed by atoms with Gasteiger partial charge >= 0.3 is 5.97 Å². The molecule has 0 aliphatic rings. The third kappa shape index (κ3) is 3.83. The summed E-state index contributed by atoms with van der Waals surface area (Å²) in [5.41, 5.74) is 8.30. The molecule has 0 aliphatic heterocycles. The molecule has 164 valence electrons. The molecule has 0 saturated carbocycles. The Morgan fingerprint density at radius 1 is 1.09 bits per heavy atom. The number of ether oxygens (including phenoxy) is 1. The molecule has 4 N–H and O–H groups in total. The van der Waals surface area contributed by atoms with Crippen molar-refractivity contribution in [1.82, 2.24) is 9.97 Å². The van der Waals surface area contributed by atoms with E-state index in [0.717, 1.165) is 11.1 Å². The number of rotatable bonds is 6. The quantitative estimate of drug-likeness (QED) is 0.405. The van der Waals surface area contributed by atoms with E-state index in [4.69, 9.17) is 15.6 Å². The maximum absolute atomic E-state index is 13.1. The molecular formula is C23H21N3O5S. The van der Waals surface area contributed by atoms with Gasteiger partial charge in [-0.3, -0.25) is 9.78 Å². The summed E-state index contributed by atoms with van der Waals surface area (Å²) in [5, 5.41) is 9.66. The largest absolute Gasteiger partial charge is 0.480 e. The van der Waals surface area contributed by atoms with Crippen molar-refractivity contribution in [3.05, 3.63) is 77.7 Å². The highest BCUT2D eigenvalue weighted by molar-refractivity contribution is 7.91. The van der Waals surface area contributed by atoms with E-state index in [9.17, 15) is 13.2 Å². The number of aromatic amines is 1. The molecule has 32 heavy (non-hydrogen) atoms. The van der Waals surface area contributed by atoms with Crippen molar-refractivity contribution in [2.75, 3.05) is 0 Å². The Hall–Kier alpha value is -3.69. The average molecular weight is 452 g/mol. The Labute approximate surface area is 184 Å². The van der Waals surface area contributed by atoms with Gasteiger partial charge in [0, 0.05) is 29.5 Å². The third-order valence-electron chi connectivity index (χ3n) is 5.19. The first-order valence-electron chi connectivity index (χ1n) is 9.72. The highest BCUT2D eigenvalue weighted by Crippen LogP contribution is 2.35. The van der Waals surface area contributed by atoms with Crippen molar-refractivity contribution in [3.63, 3.8) is 0 Å². The van der Waals surface area contributed by atoms with Crippen LogP contribution >= 0.6 is 0 Å². The van der Waals surface area contributed by atoms with Crippen molar-refractivity contribution in [1.29, 1.82) is 0 Å². The van der Waals surface area contributed by atoms with E-state index >= 15 is 0 Å². The van der Waals surface area contributed by atoms with Crippen molar-refractivity contribution >= 4 is 26.7 Å². The molecule has 0 radical (unpaired) electrons. The number of nitrogens with two attached hydrogens (primary N) is 1. The average Bonchev–Trinajstić information content (AvgIpc) is 3.20. The summed E-state index contributed by atoms with van der Waals surface area (Å²) in [7, 11) is -3.75. The minimum atomic E-state index is -3.75. The molecule has 4 aromatic rings. The fraction of sp³-hybridized carbons (Fsp3) is 0.130. The number of H-pyrrole nitrogens is 1. The van der Waals surface area contributed by atoms with Gasteiger partial charge in [0.05, 0.1) is 9.79 Å². The van der Waals surface area contributed by atoms with E-state index in [2.05, 4.69) is 9.97 Å². The smallest absolute Gasteiger partial charge is 0.325 e. The van der Waals surface area contributed by atoms with Crippen LogP contribution in [0.15, 0.2) is 70.8 Å². The van der Waals surface area contributed by atoms with Crippen LogP contribution in [-0.2, 0) is 14.6 Å². The Bertz CT molecular complexity index is 1410. The number of nitrogens with zero attached hydrogens (tertiary/aromatic N) is 1. The summed E-state index contributed by atoms with van der Waals surface area (Å²) in [4.78, 5) is 18.4. The molecule has 2 aromatic carbocycles. The number of benzene rings is 2. The zero-order chi connectivity index (χ0) is 23.0. The Morgan fingerprint density at radius 2 is 1.75 bits per heavy atom. The number of nitrogens with one attached hydrogen (secondary N) is 1. The lowest BCUT2D eigenvalue weighted by Gasteiger charge is -2.16. The zero-order valence-electron chi connectivity index (χ0n) is 17.4. The van der Waals surface area contributed by atoms with Crippen molar-refractivity contribution in [2.24, 2.45) is 5.73 Å². The minimum absolute atomic E-state index is 0.139. The number of hydrogen-bond acceptors (Lipinski definition) is 6. The van der Waals surface area contributed by atoms with Crippen molar-refractivity contribution in [2.45, 2.75) is 29.7 Å². The molecule has 8 nitrogen and oxygen atoms in total. The SMILES string of the molecule is Cc1cc([C@H](N)C(=O)O)cc(C)c1Oc1ccc2[nH]cc(S(=O)(=O)c3ccncc3)c2c1. The second-order valence-electron chi connectivity index (χ2n) is 7.45. The molecule has 0 saturated heterocycles. The number of fused-ring (bicyclic) bond motifs is 1. The Kier molecular flexibility index (Phi) is 5.45. The highest BCUT2D eigenvalue weighted by atomic mass is 32.2. The van der Waals surface area contributed by atoms with Gasteiger partial charge in [-0.15, -0.1) is 0 Å². The van der Waals surface area contributed by atoms with Crippen LogP contribution in [0.5, 0.6) is 11.5 Å². The summed E-state index contributed by atoms with van der Waals surface area (Å²) in [6, 6.07) is 10.3. The van der Waals surface area contributed by atoms with Crippen LogP contribution in [0.2, 0.25) is 0 Å². The molecule has 0 amide bonds. The second kappa shape index (κ2) is 8.10. The fourth-order valence-corrected chi connectivity index (χ4v) is 5.00. The van der Waals surface area contributed by atoms with E-state index < -0.39 is 21.8 Å². The van der Waals surface area contributed by atoms with Crippen LogP contribution in [0, 0.1) is 13.8 Å². The number of carboxylic acid groups (broad SMARTS) is 1. The maximum Gasteiger partial charge on any atom is 0.325 e. The lowest BCUT2D eigenvalue weighted by atomic mass is 10.0. The molecule has 2 heterocycles. The summed E-state index contributed by atoms with van der Waals surface area (Å²) < 4.78 is 32.3. The summed E-state index contributed by atoms with van der Waals surface area (Å²) >= 11 is 0. The summed E-state index contributed by atoms with van der Waals surface area (Å²) in [5.74, 6) is -0.108. The van der Waals surface area contributed by atoms with Crippen molar-refractivity contribution < 1.29 is 23.1 Å². The third-order valence-corrected chi connectivity index (χ3v) is 7.00. The molecule has 0 unspecified atom stereocenters. The highest BCUT2D eigenvalue weighted by Gasteiger charge is 2.22. The topological polar surface area (TPSA) is 135 Å². The van der Waals surface area contributed by atoms with Gasteiger partial charge in [-0.1, -0.05) is 12.1 Å². The van der Waals surface area contributed by atoms with Gasteiger partial charge < -0.3 is 20.6 Å². The van der Waals surface area contributed by atoms with Crippen LogP contribution in [0.3, 0.4) is 0 Å². The molecule has 0 fully saturated rings. The number of aromatic nitrogens is 2. The lowest BCUT2D eigenvalue weighted by Crippen LogP contribution is -2.20. The predicted molar refractivity (Wildman–Crippen MR) is 119 cm³/mol. The molecule has 0 spiro atoms. The van der Waals surface area contributed by atoms with Gasteiger partial charge in [-0.2, -0.15) is 0 Å². The van der Waals surface area contributed by atoms with Gasteiger partial charge in [-0.05, 0) is 60.9 Å². The van der Waals surface area contributed by atoms with Gasteiger partial charge in [0.25, 0.3) is 0 Å². The number of sulfone groups is 1. The van der Waals surface area contributed by atoms with Gasteiger partial charge in [0.2, 0.25) is 9.84 Å². The van der Waals surface area contributed by atoms with E-state index in [1.807, 2.05) is 0 Å². The van der Waals surface area contributed by atoms with Crippen LogP contribution in [0.4, 0.5) is 0 Å². The normalized spacial score (nSPS) is 12.6. The molecule has 0 bridgehead atoms. The molecule has 4 rings (SSSR count). The lowest BCUT2D eigenvalue weighted by molar-refractivity contribution is -0.138. The van der Waals surface area contributed by atoms with Crippen molar-refractivity contribution in [3.8, 4) is 11.5 Å². The number of aliphatic carboxylic acids is 1. The van der Waals surface area contributed by atoms with Crippen LogP contribution < -0.4 is 10.5 Å². The summed E-state index contributed by atoms with van der Waals surface area (Å²) in [6.45, 7) is 3.60. The fourth-order valence-electron chi connectivity index (χ4n) is 3.59. The maximum atomic E-state index is 13.1. The molecule has 1 atom stereocenters. The van der Waals surface area contributed by atoms with Crippen LogP contribution in [-0.4, -0.2) is 29.5 Å².